The van der Waals surface area contributed by atoms with Crippen LogP contribution in [0.4, 0.5) is 4.39 Å². The first kappa shape index (κ1) is 15.8. The Balaban J connectivity index is 2.24. The maximum Gasteiger partial charge on any atom is 0.142 e. The molecule has 1 nitrogen and oxygen atoms in total. The predicted molar refractivity (Wildman–Crippen MR) is 83.6 cm³/mol. The summed E-state index contributed by atoms with van der Waals surface area (Å²) in [5.41, 5.74) is 0.930. The molecule has 3 heteroatoms. The normalized spacial score (nSPS) is 24.6. The monoisotopic (exact) mass is 297 g/mol. The van der Waals surface area contributed by atoms with Gasteiger partial charge in [-0.15, -0.1) is 0 Å². The topological polar surface area (TPSA) is 12.0 Å². The minimum Gasteiger partial charge on any atom is -0.310 e. The molecule has 0 saturated heterocycles. The summed E-state index contributed by atoms with van der Waals surface area (Å²) in [6.45, 7) is 5.42. The fourth-order valence-electron chi connectivity index (χ4n) is 3.37. The van der Waals surface area contributed by atoms with Crippen molar-refractivity contribution in [2.45, 2.75) is 52.0 Å². The van der Waals surface area contributed by atoms with Crippen LogP contribution >= 0.6 is 11.6 Å². The van der Waals surface area contributed by atoms with Gasteiger partial charge in [0.2, 0.25) is 0 Å². The van der Waals surface area contributed by atoms with E-state index in [1.165, 1.54) is 31.7 Å². The lowest BCUT2D eigenvalue weighted by Crippen LogP contribution is -2.32. The van der Waals surface area contributed by atoms with Crippen LogP contribution in [-0.4, -0.2) is 6.54 Å². The average Bonchev–Trinajstić information content (AvgIpc) is 2.44. The Labute approximate surface area is 126 Å². The molecule has 0 aromatic heterocycles. The van der Waals surface area contributed by atoms with Crippen molar-refractivity contribution in [2.75, 3.05) is 6.54 Å². The maximum absolute atomic E-state index is 13.7. The van der Waals surface area contributed by atoms with E-state index >= 15 is 0 Å². The van der Waals surface area contributed by atoms with Crippen LogP contribution in [-0.2, 0) is 0 Å². The Kier molecular flexibility index (Phi) is 5.86. The van der Waals surface area contributed by atoms with Crippen LogP contribution in [0, 0.1) is 17.7 Å². The molecule has 1 aliphatic carbocycles. The molecular formula is C17H25ClFN. The summed E-state index contributed by atoms with van der Waals surface area (Å²) in [6.07, 6.45) is 6.06. The van der Waals surface area contributed by atoms with E-state index in [2.05, 4.69) is 19.2 Å². The van der Waals surface area contributed by atoms with Gasteiger partial charge in [-0.25, -0.2) is 4.39 Å². The van der Waals surface area contributed by atoms with Crippen molar-refractivity contribution in [1.82, 2.24) is 5.32 Å². The first-order chi connectivity index (χ1) is 9.63. The van der Waals surface area contributed by atoms with E-state index in [1.54, 1.807) is 6.07 Å². The maximum atomic E-state index is 13.7. The van der Waals surface area contributed by atoms with Crippen molar-refractivity contribution >= 4 is 11.6 Å². The van der Waals surface area contributed by atoms with Gasteiger partial charge in [0.1, 0.15) is 5.82 Å². The van der Waals surface area contributed by atoms with Crippen LogP contribution in [0.5, 0.6) is 0 Å². The molecular weight excluding hydrogens is 273 g/mol. The second-order valence-corrected chi connectivity index (χ2v) is 6.48. The minimum atomic E-state index is -0.309. The van der Waals surface area contributed by atoms with E-state index in [0.29, 0.717) is 10.9 Å². The van der Waals surface area contributed by atoms with Gasteiger partial charge in [-0.2, -0.15) is 0 Å². The highest BCUT2D eigenvalue weighted by Crippen LogP contribution is 2.39. The SMILES string of the molecule is CCCNC(c1cccc(F)c1Cl)C1CCCC(C)C1. The van der Waals surface area contributed by atoms with Gasteiger partial charge < -0.3 is 5.32 Å². The summed E-state index contributed by atoms with van der Waals surface area (Å²) < 4.78 is 13.7. The van der Waals surface area contributed by atoms with Gasteiger partial charge in [-0.3, -0.25) is 0 Å². The van der Waals surface area contributed by atoms with Crippen LogP contribution in [0.2, 0.25) is 5.02 Å². The number of nitrogens with one attached hydrogen (secondary N) is 1. The van der Waals surface area contributed by atoms with Crippen molar-refractivity contribution in [3.63, 3.8) is 0 Å². The molecule has 0 bridgehead atoms. The van der Waals surface area contributed by atoms with E-state index in [4.69, 9.17) is 11.6 Å². The van der Waals surface area contributed by atoms with Crippen molar-refractivity contribution in [3.8, 4) is 0 Å². The largest absolute Gasteiger partial charge is 0.310 e. The fraction of sp³-hybridized carbons (Fsp3) is 0.647. The molecule has 0 amide bonds. The molecule has 3 atom stereocenters. The first-order valence-corrected chi connectivity index (χ1v) is 8.18. The molecule has 1 saturated carbocycles. The standard InChI is InChI=1S/C17H25ClFN/c1-3-10-20-17(13-7-4-6-12(2)11-13)14-8-5-9-15(19)16(14)18/h5,8-9,12-13,17,20H,3-4,6-7,10-11H2,1-2H3. The molecule has 1 aromatic rings. The molecule has 0 radical (unpaired) electrons. The molecule has 2 rings (SSSR count). The van der Waals surface area contributed by atoms with Gasteiger partial charge in [0.05, 0.1) is 5.02 Å². The molecule has 1 aromatic carbocycles. The Hall–Kier alpha value is -0.600. The molecule has 20 heavy (non-hydrogen) atoms. The molecule has 1 fully saturated rings. The molecule has 3 unspecified atom stereocenters. The van der Waals surface area contributed by atoms with E-state index < -0.39 is 0 Å². The summed E-state index contributed by atoms with van der Waals surface area (Å²) >= 11 is 6.21. The number of hydrogen-bond donors (Lipinski definition) is 1. The highest BCUT2D eigenvalue weighted by Gasteiger charge is 2.29. The Morgan fingerprint density at radius 2 is 2.20 bits per heavy atom. The van der Waals surface area contributed by atoms with Crippen LogP contribution in [0.15, 0.2) is 18.2 Å². The average molecular weight is 298 g/mol. The molecule has 1 aliphatic rings. The third-order valence-electron chi connectivity index (χ3n) is 4.38. The molecule has 0 heterocycles. The second-order valence-electron chi connectivity index (χ2n) is 6.11. The van der Waals surface area contributed by atoms with E-state index in [0.717, 1.165) is 24.4 Å². The summed E-state index contributed by atoms with van der Waals surface area (Å²) in [7, 11) is 0. The van der Waals surface area contributed by atoms with E-state index in [1.807, 2.05) is 6.07 Å². The van der Waals surface area contributed by atoms with Gasteiger partial charge >= 0.3 is 0 Å². The summed E-state index contributed by atoms with van der Waals surface area (Å²) in [5, 5.41) is 3.88. The Morgan fingerprint density at radius 1 is 1.40 bits per heavy atom. The third-order valence-corrected chi connectivity index (χ3v) is 4.78. The predicted octanol–water partition coefficient (Wildman–Crippen LogP) is 5.35. The van der Waals surface area contributed by atoms with Gasteiger partial charge in [0.15, 0.2) is 0 Å². The molecule has 1 N–H and O–H groups in total. The van der Waals surface area contributed by atoms with Gasteiger partial charge in [-0.1, -0.05) is 50.4 Å². The lowest BCUT2D eigenvalue weighted by atomic mass is 9.76. The van der Waals surface area contributed by atoms with Crippen molar-refractivity contribution in [1.29, 1.82) is 0 Å². The summed E-state index contributed by atoms with van der Waals surface area (Å²) in [5.74, 6) is 1.01. The zero-order valence-corrected chi connectivity index (χ0v) is 13.2. The first-order valence-electron chi connectivity index (χ1n) is 7.80. The Bertz CT molecular complexity index is 435. The minimum absolute atomic E-state index is 0.181. The van der Waals surface area contributed by atoms with Gasteiger partial charge in [0.25, 0.3) is 0 Å². The lowest BCUT2D eigenvalue weighted by molar-refractivity contribution is 0.223. The summed E-state index contributed by atoms with van der Waals surface area (Å²) in [6, 6.07) is 5.36. The number of benzene rings is 1. The van der Waals surface area contributed by atoms with Crippen molar-refractivity contribution in [2.24, 2.45) is 11.8 Å². The van der Waals surface area contributed by atoms with Gasteiger partial charge in [-0.05, 0) is 49.3 Å². The highest BCUT2D eigenvalue weighted by molar-refractivity contribution is 6.31. The second kappa shape index (κ2) is 7.42. The van der Waals surface area contributed by atoms with Gasteiger partial charge in [0, 0.05) is 6.04 Å². The molecule has 0 aliphatic heterocycles. The van der Waals surface area contributed by atoms with E-state index in [9.17, 15) is 4.39 Å². The zero-order chi connectivity index (χ0) is 14.5. The smallest absolute Gasteiger partial charge is 0.142 e. The van der Waals surface area contributed by atoms with Crippen LogP contribution < -0.4 is 5.32 Å². The highest BCUT2D eigenvalue weighted by atomic mass is 35.5. The van der Waals surface area contributed by atoms with Crippen LogP contribution in [0.25, 0.3) is 0 Å². The number of rotatable bonds is 5. The third kappa shape index (κ3) is 3.73. The number of hydrogen-bond acceptors (Lipinski definition) is 1. The summed E-state index contributed by atoms with van der Waals surface area (Å²) in [4.78, 5) is 0. The molecule has 0 spiro atoms. The Morgan fingerprint density at radius 3 is 2.90 bits per heavy atom. The number of halogens is 2. The zero-order valence-electron chi connectivity index (χ0n) is 12.5. The van der Waals surface area contributed by atoms with Crippen molar-refractivity contribution in [3.05, 3.63) is 34.6 Å². The van der Waals surface area contributed by atoms with Crippen LogP contribution in [0.3, 0.4) is 0 Å². The fourth-order valence-corrected chi connectivity index (χ4v) is 3.62. The quantitative estimate of drug-likeness (QED) is 0.773. The van der Waals surface area contributed by atoms with Crippen molar-refractivity contribution < 1.29 is 4.39 Å². The molecule has 112 valence electrons. The van der Waals surface area contributed by atoms with E-state index in [-0.39, 0.29) is 11.9 Å². The lowest BCUT2D eigenvalue weighted by Gasteiger charge is -2.34. The van der Waals surface area contributed by atoms with Crippen LogP contribution in [0.1, 0.15) is 57.6 Å².